The molecule has 56 heavy (non-hydrogen) atoms. The number of esters is 2. The predicted octanol–water partition coefficient (Wildman–Crippen LogP) is 9.34. The third kappa shape index (κ3) is 8.46. The number of fused-ring (bicyclic) bond motifs is 6. The molecule has 0 radical (unpaired) electrons. The zero-order valence-electron chi connectivity index (χ0n) is 33.0. The van der Waals surface area contributed by atoms with Crippen molar-refractivity contribution in [1.29, 1.82) is 0 Å². The average Bonchev–Trinajstić information content (AvgIpc) is 3.06. The standard InChI is InChI=1S/C42H60F2O10S2/c1-26-12-30-15-31(13-26)18-34(17-30)37(45)54-42(44,56(50,51)52)25-39(3)21-29-10-7-11-40(22-29,24-39)36-27(2)14-32-16-33(36)20-35(19-32)38(46)53-41(43,55(47,48)49)23-28-8-5-4-6-9-28/h12,14,21,26-28,31,33-36H,4-11,13,15-20,22-25H2,1-3H3,(H,47,48,49)(H,50,51,52). The zero-order valence-corrected chi connectivity index (χ0v) is 34.7. The minimum atomic E-state index is -5.51. The Morgan fingerprint density at radius 2 is 1.45 bits per heavy atom. The largest absolute Gasteiger partial charge is 0.412 e. The first-order chi connectivity index (χ1) is 26.1. The van der Waals surface area contributed by atoms with Gasteiger partial charge in [0, 0.05) is 12.8 Å². The molecule has 0 heterocycles. The molecular weight excluding hydrogens is 767 g/mol. The normalized spacial score (nSPS) is 38.5. The second-order valence-electron chi connectivity index (χ2n) is 19.6. The van der Waals surface area contributed by atoms with E-state index >= 15 is 8.78 Å². The fourth-order valence-corrected chi connectivity index (χ4v) is 14.5. The van der Waals surface area contributed by atoms with Crippen molar-refractivity contribution in [3.63, 3.8) is 0 Å². The molecule has 7 rings (SSSR count). The Bertz CT molecular complexity index is 1890. The molecular formula is C42H60F2O10S2. The third-order valence-corrected chi connectivity index (χ3v) is 16.7. The Kier molecular flexibility index (Phi) is 11.4. The van der Waals surface area contributed by atoms with Gasteiger partial charge in [0.2, 0.25) is 0 Å². The first-order valence-corrected chi connectivity index (χ1v) is 23.8. The average molecular weight is 827 g/mol. The molecule has 7 aliphatic rings. The van der Waals surface area contributed by atoms with Crippen LogP contribution in [0.1, 0.15) is 143 Å². The smallest absolute Gasteiger partial charge is 0.377 e. The minimum Gasteiger partial charge on any atom is -0.412 e. The van der Waals surface area contributed by atoms with Gasteiger partial charge in [-0.1, -0.05) is 87.8 Å². The molecule has 14 heteroatoms. The summed E-state index contributed by atoms with van der Waals surface area (Å²) in [5.41, 5.74) is 1.55. The van der Waals surface area contributed by atoms with E-state index in [1.165, 1.54) is 0 Å². The second kappa shape index (κ2) is 15.1. The number of alkyl halides is 2. The molecule has 6 bridgehead atoms. The highest BCUT2D eigenvalue weighted by atomic mass is 32.2. The Balaban J connectivity index is 1.10. The molecule has 7 aliphatic carbocycles. The van der Waals surface area contributed by atoms with Crippen molar-refractivity contribution in [3.8, 4) is 0 Å². The van der Waals surface area contributed by atoms with Gasteiger partial charge in [-0.3, -0.25) is 18.7 Å². The van der Waals surface area contributed by atoms with E-state index in [0.717, 1.165) is 68.1 Å². The number of allylic oxidation sites excluding steroid dienone is 6. The van der Waals surface area contributed by atoms with Crippen molar-refractivity contribution in [2.24, 2.45) is 58.2 Å². The van der Waals surface area contributed by atoms with Crippen LogP contribution in [0.25, 0.3) is 0 Å². The van der Waals surface area contributed by atoms with Crippen LogP contribution >= 0.6 is 0 Å². The topological polar surface area (TPSA) is 161 Å². The molecule has 4 fully saturated rings. The number of halogens is 2. The predicted molar refractivity (Wildman–Crippen MR) is 205 cm³/mol. The Labute approximate surface area is 331 Å². The SMILES string of the molecule is CC1C=C2CC(C1)CC(C(=O)OC(F)(CC1(C)C=C3CCCC(C4C(C)C=C5CC(C(=O)OC(F)(CC6CCCCC6)S(=O)(=O)O)CC4C5)(C3)C1)S(=O)(=O)O)C2. The van der Waals surface area contributed by atoms with Crippen LogP contribution in [0, 0.1) is 58.2 Å². The van der Waals surface area contributed by atoms with Crippen molar-refractivity contribution >= 4 is 32.2 Å². The van der Waals surface area contributed by atoms with Crippen molar-refractivity contribution in [2.75, 3.05) is 0 Å². The molecule has 4 saturated carbocycles. The number of carbonyl (C=O) groups excluding carboxylic acids is 2. The molecule has 0 aliphatic heterocycles. The summed E-state index contributed by atoms with van der Waals surface area (Å²) in [6.07, 6.45) is 15.8. The number of hydrogen-bond acceptors (Lipinski definition) is 8. The highest BCUT2D eigenvalue weighted by Gasteiger charge is 2.59. The first-order valence-electron chi connectivity index (χ1n) is 21.0. The lowest BCUT2D eigenvalue weighted by Gasteiger charge is -2.58. The van der Waals surface area contributed by atoms with E-state index in [9.17, 15) is 35.5 Å². The lowest BCUT2D eigenvalue weighted by Crippen LogP contribution is -2.51. The van der Waals surface area contributed by atoms with Crippen LogP contribution in [-0.4, -0.2) is 48.3 Å². The Morgan fingerprint density at radius 3 is 2.09 bits per heavy atom. The van der Waals surface area contributed by atoms with Crippen LogP contribution in [0.3, 0.4) is 0 Å². The van der Waals surface area contributed by atoms with Crippen LogP contribution in [-0.2, 0) is 39.3 Å². The van der Waals surface area contributed by atoms with Gasteiger partial charge in [-0.25, -0.2) is 0 Å². The summed E-state index contributed by atoms with van der Waals surface area (Å²) in [7, 11) is -10.9. The molecule has 0 saturated heterocycles. The first kappa shape index (κ1) is 42.0. The molecule has 11 unspecified atom stereocenters. The fraction of sp³-hybridized carbons (Fsp3) is 0.810. The van der Waals surface area contributed by atoms with Gasteiger partial charge in [0.1, 0.15) is 0 Å². The number of hydrogen-bond donors (Lipinski definition) is 2. The van der Waals surface area contributed by atoms with Crippen LogP contribution in [0.5, 0.6) is 0 Å². The summed E-state index contributed by atoms with van der Waals surface area (Å²) >= 11 is 0. The summed E-state index contributed by atoms with van der Waals surface area (Å²) in [4.78, 5) is 27.2. The summed E-state index contributed by atoms with van der Waals surface area (Å²) in [5.74, 6) is -3.33. The van der Waals surface area contributed by atoms with Gasteiger partial charge in [0.05, 0.1) is 11.8 Å². The summed E-state index contributed by atoms with van der Waals surface area (Å²) in [6.45, 7) is 5.98. The highest BCUT2D eigenvalue weighted by Crippen LogP contribution is 2.64. The van der Waals surface area contributed by atoms with E-state index < -0.39 is 78.1 Å². The van der Waals surface area contributed by atoms with Crippen molar-refractivity contribution in [3.05, 3.63) is 34.9 Å². The van der Waals surface area contributed by atoms with Crippen molar-refractivity contribution in [1.82, 2.24) is 0 Å². The summed E-state index contributed by atoms with van der Waals surface area (Å²) < 4.78 is 114. The van der Waals surface area contributed by atoms with Gasteiger partial charge in [0.15, 0.2) is 0 Å². The van der Waals surface area contributed by atoms with Crippen LogP contribution < -0.4 is 0 Å². The summed E-state index contributed by atoms with van der Waals surface area (Å²) in [6, 6.07) is 0. The van der Waals surface area contributed by atoms with Crippen LogP contribution in [0.4, 0.5) is 8.78 Å². The number of ether oxygens (including phenoxy) is 2. The quantitative estimate of drug-likeness (QED) is 0.117. The lowest BCUT2D eigenvalue weighted by molar-refractivity contribution is -0.178. The van der Waals surface area contributed by atoms with E-state index in [1.54, 1.807) is 6.92 Å². The van der Waals surface area contributed by atoms with Gasteiger partial charge in [-0.15, -0.1) is 0 Å². The Morgan fingerprint density at radius 1 is 0.821 bits per heavy atom. The van der Waals surface area contributed by atoms with Gasteiger partial charge in [0.25, 0.3) is 0 Å². The zero-order chi connectivity index (χ0) is 40.5. The van der Waals surface area contributed by atoms with E-state index in [-0.39, 0.29) is 36.0 Å². The molecule has 11 atom stereocenters. The van der Waals surface area contributed by atoms with Gasteiger partial charge < -0.3 is 9.47 Å². The van der Waals surface area contributed by atoms with Gasteiger partial charge in [-0.2, -0.15) is 25.6 Å². The highest BCUT2D eigenvalue weighted by molar-refractivity contribution is 7.87. The molecule has 0 aromatic carbocycles. The molecule has 0 amide bonds. The van der Waals surface area contributed by atoms with Crippen LogP contribution in [0.15, 0.2) is 34.9 Å². The molecule has 0 spiro atoms. The van der Waals surface area contributed by atoms with E-state index in [1.807, 2.05) is 6.08 Å². The van der Waals surface area contributed by atoms with Crippen molar-refractivity contribution < 1.29 is 53.8 Å². The number of carbonyl (C=O) groups is 2. The molecule has 2 N–H and O–H groups in total. The maximum Gasteiger partial charge on any atom is 0.377 e. The maximum atomic E-state index is 16.9. The van der Waals surface area contributed by atoms with Crippen molar-refractivity contribution in [2.45, 2.75) is 153 Å². The minimum absolute atomic E-state index is 0.0316. The van der Waals surface area contributed by atoms with E-state index in [4.69, 9.17) is 9.47 Å². The molecule has 0 aromatic rings. The van der Waals surface area contributed by atoms with Crippen LogP contribution in [0.2, 0.25) is 0 Å². The maximum absolute atomic E-state index is 16.9. The van der Waals surface area contributed by atoms with Gasteiger partial charge >= 0.3 is 42.5 Å². The monoisotopic (exact) mass is 826 g/mol. The summed E-state index contributed by atoms with van der Waals surface area (Å²) in [5, 5.41) is -7.20. The number of rotatable bonds is 11. The fourth-order valence-electron chi connectivity index (χ4n) is 13.2. The second-order valence-corrected chi connectivity index (χ2v) is 22.7. The Hall–Kier alpha value is -2.16. The molecule has 0 aromatic heterocycles. The lowest BCUT2D eigenvalue weighted by atomic mass is 9.47. The molecule has 314 valence electrons. The van der Waals surface area contributed by atoms with Gasteiger partial charge in [-0.05, 0) is 123 Å². The van der Waals surface area contributed by atoms with E-state index in [0.29, 0.717) is 57.3 Å². The van der Waals surface area contributed by atoms with E-state index in [2.05, 4.69) is 26.0 Å². The third-order valence-electron chi connectivity index (χ3n) is 14.7. The molecule has 10 nitrogen and oxygen atoms in total.